The van der Waals surface area contributed by atoms with Crippen molar-refractivity contribution in [1.82, 2.24) is 0 Å². The molecule has 0 unspecified atom stereocenters. The van der Waals surface area contributed by atoms with Crippen molar-refractivity contribution in [3.05, 3.63) is 76.3 Å². The van der Waals surface area contributed by atoms with Gasteiger partial charge in [0, 0.05) is 10.6 Å². The predicted octanol–water partition coefficient (Wildman–Crippen LogP) is 6.13. The van der Waals surface area contributed by atoms with Crippen molar-refractivity contribution < 1.29 is 5.11 Å². The van der Waals surface area contributed by atoms with E-state index in [1.165, 1.54) is 0 Å². The summed E-state index contributed by atoms with van der Waals surface area (Å²) in [5, 5.41) is 11.3. The summed E-state index contributed by atoms with van der Waals surface area (Å²) in [7, 11) is 0. The molecule has 2 aromatic rings. The average molecular weight is 333 g/mol. The Morgan fingerprint density at radius 3 is 2.32 bits per heavy atom. The van der Waals surface area contributed by atoms with E-state index in [-0.39, 0.29) is 5.75 Å². The minimum absolute atomic E-state index is 0.0685. The maximum atomic E-state index is 10.3. The second-order valence-corrected chi connectivity index (χ2v) is 6.02. The first-order valence-electron chi connectivity index (χ1n) is 7.00. The van der Waals surface area contributed by atoms with Gasteiger partial charge in [0.2, 0.25) is 0 Å². The van der Waals surface area contributed by atoms with Crippen molar-refractivity contribution in [3.63, 3.8) is 0 Å². The number of hydrogen-bond acceptors (Lipinski definition) is 1. The van der Waals surface area contributed by atoms with Crippen LogP contribution < -0.4 is 0 Å². The van der Waals surface area contributed by atoms with Crippen molar-refractivity contribution in [2.45, 2.75) is 19.8 Å². The quantitative estimate of drug-likeness (QED) is 0.652. The molecule has 0 spiro atoms. The van der Waals surface area contributed by atoms with Crippen LogP contribution in [0.4, 0.5) is 0 Å². The number of hydrogen-bond donors (Lipinski definition) is 1. The molecule has 0 saturated carbocycles. The van der Waals surface area contributed by atoms with E-state index in [4.69, 9.17) is 23.2 Å². The first kappa shape index (κ1) is 16.7. The Morgan fingerprint density at radius 2 is 1.68 bits per heavy atom. The molecule has 0 bridgehead atoms. The van der Waals surface area contributed by atoms with Gasteiger partial charge in [-0.05, 0) is 60.2 Å². The Kier molecular flexibility index (Phi) is 5.33. The Hall–Kier alpha value is -1.70. The molecule has 0 fully saturated rings. The second-order valence-electron chi connectivity index (χ2n) is 5.20. The zero-order valence-corrected chi connectivity index (χ0v) is 14.0. The van der Waals surface area contributed by atoms with E-state index >= 15 is 0 Å². The van der Waals surface area contributed by atoms with Crippen LogP contribution in [-0.2, 0) is 12.8 Å². The van der Waals surface area contributed by atoms with E-state index in [2.05, 4.69) is 13.2 Å². The van der Waals surface area contributed by atoms with Gasteiger partial charge in [0.05, 0.1) is 5.02 Å². The van der Waals surface area contributed by atoms with Gasteiger partial charge in [-0.15, -0.1) is 13.2 Å². The summed E-state index contributed by atoms with van der Waals surface area (Å²) in [6.07, 6.45) is 5.05. The van der Waals surface area contributed by atoms with Gasteiger partial charge in [-0.3, -0.25) is 0 Å². The van der Waals surface area contributed by atoms with Crippen LogP contribution in [0, 0.1) is 6.92 Å². The van der Waals surface area contributed by atoms with Crippen LogP contribution >= 0.6 is 23.2 Å². The largest absolute Gasteiger partial charge is 0.506 e. The number of phenols is 1. The Bertz CT molecular complexity index is 733. The minimum Gasteiger partial charge on any atom is -0.506 e. The van der Waals surface area contributed by atoms with Crippen molar-refractivity contribution in [1.29, 1.82) is 0 Å². The molecule has 1 nitrogen and oxygen atoms in total. The number of phenolic OH excluding ortho intramolecular Hbond substituents is 1. The van der Waals surface area contributed by atoms with Gasteiger partial charge in [0.25, 0.3) is 0 Å². The number of halogens is 2. The number of aromatic hydroxyl groups is 1. The molecule has 0 saturated heterocycles. The predicted molar refractivity (Wildman–Crippen MR) is 96.1 cm³/mol. The van der Waals surface area contributed by atoms with Crippen LogP contribution in [0.25, 0.3) is 11.1 Å². The molecule has 0 aliphatic carbocycles. The van der Waals surface area contributed by atoms with Gasteiger partial charge < -0.3 is 5.11 Å². The lowest BCUT2D eigenvalue weighted by molar-refractivity contribution is 0.477. The smallest absolute Gasteiger partial charge is 0.142 e. The molecule has 0 amide bonds. The van der Waals surface area contributed by atoms with E-state index in [1.54, 1.807) is 12.1 Å². The lowest BCUT2D eigenvalue weighted by Gasteiger charge is -2.13. The molecule has 0 aliphatic heterocycles. The summed E-state index contributed by atoms with van der Waals surface area (Å²) in [6, 6.07) is 7.54. The van der Waals surface area contributed by atoms with Crippen molar-refractivity contribution in [2.75, 3.05) is 0 Å². The van der Waals surface area contributed by atoms with Crippen molar-refractivity contribution in [3.8, 4) is 16.9 Å². The van der Waals surface area contributed by atoms with E-state index in [1.807, 2.05) is 31.2 Å². The molecule has 2 aromatic carbocycles. The standard InChI is InChI=1S/C19H18Cl2O/c1-4-6-13-8-16(19(22)18(21)9-13)15-10-14(7-5-2)12(3)17(20)11-15/h4-5,8-11,22H,1-2,6-7H2,3H3. The Morgan fingerprint density at radius 1 is 1.00 bits per heavy atom. The Labute approximate surface area is 141 Å². The van der Waals surface area contributed by atoms with E-state index < -0.39 is 0 Å². The van der Waals surface area contributed by atoms with Crippen LogP contribution in [-0.4, -0.2) is 5.11 Å². The van der Waals surface area contributed by atoms with Crippen LogP contribution in [0.15, 0.2) is 49.6 Å². The third-order valence-electron chi connectivity index (χ3n) is 3.63. The van der Waals surface area contributed by atoms with Gasteiger partial charge in [0.15, 0.2) is 0 Å². The van der Waals surface area contributed by atoms with Gasteiger partial charge in [-0.1, -0.05) is 41.4 Å². The van der Waals surface area contributed by atoms with Crippen LogP contribution in [0.5, 0.6) is 5.75 Å². The highest BCUT2D eigenvalue weighted by Crippen LogP contribution is 2.39. The zero-order valence-electron chi connectivity index (χ0n) is 12.5. The van der Waals surface area contributed by atoms with Gasteiger partial charge in [-0.2, -0.15) is 0 Å². The Balaban J connectivity index is 2.65. The average Bonchev–Trinajstić information content (AvgIpc) is 2.48. The van der Waals surface area contributed by atoms with Crippen molar-refractivity contribution >= 4 is 23.2 Å². The fourth-order valence-corrected chi connectivity index (χ4v) is 2.90. The van der Waals surface area contributed by atoms with E-state index in [0.29, 0.717) is 22.0 Å². The SMILES string of the molecule is C=CCc1cc(Cl)c(O)c(-c2cc(Cl)c(C)c(CC=C)c2)c1. The molecule has 0 aliphatic rings. The number of allylic oxidation sites excluding steroid dienone is 2. The molecule has 1 N–H and O–H groups in total. The first-order chi connectivity index (χ1) is 10.5. The molecule has 0 heterocycles. The highest BCUT2D eigenvalue weighted by Gasteiger charge is 2.13. The van der Waals surface area contributed by atoms with E-state index in [0.717, 1.165) is 28.7 Å². The van der Waals surface area contributed by atoms with Crippen LogP contribution in [0.3, 0.4) is 0 Å². The molecule has 0 aromatic heterocycles. The topological polar surface area (TPSA) is 20.2 Å². The zero-order chi connectivity index (χ0) is 16.3. The maximum Gasteiger partial charge on any atom is 0.142 e. The minimum atomic E-state index is 0.0685. The summed E-state index contributed by atoms with van der Waals surface area (Å²) in [4.78, 5) is 0. The fraction of sp³-hybridized carbons (Fsp3) is 0.158. The first-order valence-corrected chi connectivity index (χ1v) is 7.76. The van der Waals surface area contributed by atoms with Gasteiger partial charge >= 0.3 is 0 Å². The number of rotatable bonds is 5. The molecule has 114 valence electrons. The van der Waals surface area contributed by atoms with E-state index in [9.17, 15) is 5.11 Å². The summed E-state index contributed by atoms with van der Waals surface area (Å²) in [5.41, 5.74) is 4.63. The molecule has 22 heavy (non-hydrogen) atoms. The molecular weight excluding hydrogens is 315 g/mol. The highest BCUT2D eigenvalue weighted by molar-refractivity contribution is 6.33. The lowest BCUT2D eigenvalue weighted by atomic mass is 9.95. The third-order valence-corrected chi connectivity index (χ3v) is 4.31. The summed E-state index contributed by atoms with van der Waals surface area (Å²) in [5.74, 6) is 0.0685. The third kappa shape index (κ3) is 3.37. The molecular formula is C19H18Cl2O. The maximum absolute atomic E-state index is 10.3. The van der Waals surface area contributed by atoms with Crippen molar-refractivity contribution in [2.24, 2.45) is 0 Å². The lowest BCUT2D eigenvalue weighted by Crippen LogP contribution is -1.92. The molecule has 0 radical (unpaired) electrons. The second kappa shape index (κ2) is 7.04. The summed E-state index contributed by atoms with van der Waals surface area (Å²) < 4.78 is 0. The van der Waals surface area contributed by atoms with Gasteiger partial charge in [0.1, 0.15) is 5.75 Å². The fourth-order valence-electron chi connectivity index (χ4n) is 2.42. The summed E-state index contributed by atoms with van der Waals surface area (Å²) in [6.45, 7) is 9.49. The normalized spacial score (nSPS) is 10.5. The summed E-state index contributed by atoms with van der Waals surface area (Å²) >= 11 is 12.5. The van der Waals surface area contributed by atoms with Crippen LogP contribution in [0.2, 0.25) is 10.0 Å². The molecule has 2 rings (SSSR count). The van der Waals surface area contributed by atoms with Crippen LogP contribution in [0.1, 0.15) is 16.7 Å². The van der Waals surface area contributed by atoms with Gasteiger partial charge in [-0.25, -0.2) is 0 Å². The highest BCUT2D eigenvalue weighted by atomic mass is 35.5. The molecule has 3 heteroatoms. The number of benzene rings is 2. The monoisotopic (exact) mass is 332 g/mol. The molecule has 0 atom stereocenters.